The van der Waals surface area contributed by atoms with Gasteiger partial charge >= 0.3 is 0 Å². The quantitative estimate of drug-likeness (QED) is 0.715. The summed E-state index contributed by atoms with van der Waals surface area (Å²) in [7, 11) is 0. The summed E-state index contributed by atoms with van der Waals surface area (Å²) in [4.78, 5) is 12.1. The van der Waals surface area contributed by atoms with Crippen LogP contribution in [0.3, 0.4) is 0 Å². The van der Waals surface area contributed by atoms with Gasteiger partial charge in [-0.1, -0.05) is 12.1 Å². The largest absolute Gasteiger partial charge is 0.384 e. The third-order valence-electron chi connectivity index (χ3n) is 2.63. The van der Waals surface area contributed by atoms with Gasteiger partial charge in [-0.15, -0.1) is 0 Å². The van der Waals surface area contributed by atoms with Gasteiger partial charge in [-0.25, -0.2) is 9.97 Å². The predicted octanol–water partition coefficient (Wildman–Crippen LogP) is 2.35. The lowest BCUT2D eigenvalue weighted by molar-refractivity contribution is 1.18. The topological polar surface area (TPSA) is 76.7 Å². The molecule has 0 aliphatic heterocycles. The molecule has 0 saturated carbocycles. The molecule has 2 heterocycles. The molecular formula is C13H11N5. The van der Waals surface area contributed by atoms with Crippen LogP contribution in [0.25, 0.3) is 10.8 Å². The van der Waals surface area contributed by atoms with Crippen molar-refractivity contribution in [1.82, 2.24) is 15.0 Å². The van der Waals surface area contributed by atoms with Crippen molar-refractivity contribution in [2.45, 2.75) is 0 Å². The van der Waals surface area contributed by atoms with Gasteiger partial charge in [0, 0.05) is 34.9 Å². The van der Waals surface area contributed by atoms with Crippen LogP contribution in [-0.4, -0.2) is 15.0 Å². The van der Waals surface area contributed by atoms with Crippen LogP contribution in [0.5, 0.6) is 0 Å². The zero-order chi connectivity index (χ0) is 12.4. The van der Waals surface area contributed by atoms with E-state index in [0.29, 0.717) is 11.6 Å². The summed E-state index contributed by atoms with van der Waals surface area (Å²) in [6.07, 6.45) is 5.03. The summed E-state index contributed by atoms with van der Waals surface area (Å²) in [5, 5.41) is 5.39. The van der Waals surface area contributed by atoms with Crippen molar-refractivity contribution < 1.29 is 0 Å². The molecule has 1 aromatic carbocycles. The van der Waals surface area contributed by atoms with Crippen molar-refractivity contribution in [3.63, 3.8) is 0 Å². The maximum Gasteiger partial charge on any atom is 0.135 e. The normalized spacial score (nSPS) is 10.4. The molecule has 0 radical (unpaired) electrons. The number of nitrogens with one attached hydrogen (secondary N) is 1. The first-order valence-electron chi connectivity index (χ1n) is 5.50. The summed E-state index contributed by atoms with van der Waals surface area (Å²) < 4.78 is 0. The van der Waals surface area contributed by atoms with Crippen molar-refractivity contribution in [1.29, 1.82) is 0 Å². The Labute approximate surface area is 104 Å². The van der Waals surface area contributed by atoms with Gasteiger partial charge in [0.25, 0.3) is 0 Å². The molecule has 0 aliphatic rings. The third kappa shape index (κ3) is 1.93. The molecule has 88 valence electrons. The summed E-state index contributed by atoms with van der Waals surface area (Å²) in [6.45, 7) is 0. The molecule has 3 aromatic rings. The number of fused-ring (bicyclic) bond motifs is 1. The van der Waals surface area contributed by atoms with Gasteiger partial charge in [-0.2, -0.15) is 0 Å². The Kier molecular flexibility index (Phi) is 2.49. The van der Waals surface area contributed by atoms with Crippen molar-refractivity contribution in [3.05, 3.63) is 49.1 Å². The first-order valence-corrected chi connectivity index (χ1v) is 5.50. The van der Waals surface area contributed by atoms with Crippen LogP contribution in [0.2, 0.25) is 0 Å². The molecule has 5 nitrogen and oxygen atoms in total. The summed E-state index contributed by atoms with van der Waals surface area (Å²) in [6, 6.07) is 9.63. The first-order chi connectivity index (χ1) is 8.83. The molecule has 18 heavy (non-hydrogen) atoms. The minimum Gasteiger partial charge on any atom is -0.384 e. The molecule has 0 fully saturated rings. The second-order valence-electron chi connectivity index (χ2n) is 3.86. The molecule has 5 heteroatoms. The zero-order valence-electron chi connectivity index (χ0n) is 9.54. The van der Waals surface area contributed by atoms with Crippen molar-refractivity contribution >= 4 is 28.1 Å². The van der Waals surface area contributed by atoms with E-state index in [1.165, 1.54) is 6.33 Å². The Hall–Kier alpha value is -2.69. The maximum absolute atomic E-state index is 5.62. The molecule has 0 saturated heterocycles. The molecule has 0 unspecified atom stereocenters. The third-order valence-corrected chi connectivity index (χ3v) is 2.63. The van der Waals surface area contributed by atoms with E-state index in [0.717, 1.165) is 16.5 Å². The average molecular weight is 237 g/mol. The van der Waals surface area contributed by atoms with Gasteiger partial charge < -0.3 is 11.1 Å². The fraction of sp³-hybridized carbons (Fsp3) is 0. The lowest BCUT2D eigenvalue weighted by Crippen LogP contribution is -1.97. The molecule has 0 aliphatic carbocycles. The molecule has 0 spiro atoms. The highest BCUT2D eigenvalue weighted by molar-refractivity contribution is 5.94. The highest BCUT2D eigenvalue weighted by atomic mass is 15.0. The Balaban J connectivity index is 2.05. The van der Waals surface area contributed by atoms with Crippen LogP contribution in [0.15, 0.2) is 49.1 Å². The lowest BCUT2D eigenvalue weighted by atomic mass is 10.1. The minimum atomic E-state index is 0.439. The Morgan fingerprint density at radius 1 is 1.11 bits per heavy atom. The fourth-order valence-electron chi connectivity index (χ4n) is 1.81. The second-order valence-corrected chi connectivity index (χ2v) is 3.86. The van der Waals surface area contributed by atoms with Crippen molar-refractivity contribution in [2.75, 3.05) is 11.1 Å². The number of hydrogen-bond donors (Lipinski definition) is 2. The van der Waals surface area contributed by atoms with Crippen LogP contribution in [0.4, 0.5) is 17.3 Å². The Morgan fingerprint density at radius 3 is 2.94 bits per heavy atom. The van der Waals surface area contributed by atoms with E-state index in [9.17, 15) is 0 Å². The molecule has 2 aromatic heterocycles. The lowest BCUT2D eigenvalue weighted by Gasteiger charge is -2.08. The Bertz CT molecular complexity index is 690. The molecule has 3 rings (SSSR count). The zero-order valence-corrected chi connectivity index (χ0v) is 9.54. The minimum absolute atomic E-state index is 0.439. The number of aromatic nitrogens is 3. The van der Waals surface area contributed by atoms with Crippen LogP contribution in [0.1, 0.15) is 0 Å². The number of hydrogen-bond acceptors (Lipinski definition) is 5. The van der Waals surface area contributed by atoms with Crippen LogP contribution < -0.4 is 11.1 Å². The van der Waals surface area contributed by atoms with Gasteiger partial charge in [0.05, 0.1) is 0 Å². The highest BCUT2D eigenvalue weighted by Gasteiger charge is 2.02. The summed E-state index contributed by atoms with van der Waals surface area (Å²) in [5.74, 6) is 1.11. The summed E-state index contributed by atoms with van der Waals surface area (Å²) in [5.41, 5.74) is 6.59. The average Bonchev–Trinajstić information content (AvgIpc) is 2.39. The number of pyridine rings is 1. The Morgan fingerprint density at radius 2 is 2.06 bits per heavy atom. The van der Waals surface area contributed by atoms with Crippen LogP contribution in [-0.2, 0) is 0 Å². The highest BCUT2D eigenvalue weighted by Crippen LogP contribution is 2.24. The number of anilines is 3. The van der Waals surface area contributed by atoms with Gasteiger partial charge in [0.1, 0.15) is 18.0 Å². The van der Waals surface area contributed by atoms with E-state index in [2.05, 4.69) is 20.3 Å². The molecular weight excluding hydrogens is 226 g/mol. The maximum atomic E-state index is 5.62. The van der Waals surface area contributed by atoms with Crippen LogP contribution in [0, 0.1) is 0 Å². The number of rotatable bonds is 2. The number of nitrogens with two attached hydrogens (primary N) is 1. The first kappa shape index (κ1) is 10.5. The number of nitrogen functional groups attached to an aromatic ring is 1. The standard InChI is InChI=1S/C13H11N5/c14-12-6-13(17-8-16-12)18-11-3-1-2-9-7-15-5-4-10(9)11/h1-8H,(H3,14,16,17,18). The van der Waals surface area contributed by atoms with Gasteiger partial charge in [0.15, 0.2) is 0 Å². The second kappa shape index (κ2) is 4.29. The van der Waals surface area contributed by atoms with Crippen LogP contribution >= 0.6 is 0 Å². The monoisotopic (exact) mass is 237 g/mol. The number of benzene rings is 1. The number of nitrogens with zero attached hydrogens (tertiary/aromatic N) is 3. The molecule has 3 N–H and O–H groups in total. The van der Waals surface area contributed by atoms with Crippen molar-refractivity contribution in [3.8, 4) is 0 Å². The molecule has 0 amide bonds. The SMILES string of the molecule is Nc1cc(Nc2cccc3cnccc23)ncn1. The summed E-state index contributed by atoms with van der Waals surface area (Å²) >= 11 is 0. The van der Waals surface area contributed by atoms with Gasteiger partial charge in [-0.05, 0) is 12.1 Å². The van der Waals surface area contributed by atoms with Gasteiger partial charge in [0.2, 0.25) is 0 Å². The smallest absolute Gasteiger partial charge is 0.135 e. The van der Waals surface area contributed by atoms with E-state index in [4.69, 9.17) is 5.73 Å². The van der Waals surface area contributed by atoms with Gasteiger partial charge in [-0.3, -0.25) is 4.98 Å². The van der Waals surface area contributed by atoms with Crippen molar-refractivity contribution in [2.24, 2.45) is 0 Å². The van der Waals surface area contributed by atoms with E-state index < -0.39 is 0 Å². The van der Waals surface area contributed by atoms with E-state index in [1.54, 1.807) is 12.3 Å². The fourth-order valence-corrected chi connectivity index (χ4v) is 1.81. The molecule has 0 bridgehead atoms. The predicted molar refractivity (Wildman–Crippen MR) is 71.5 cm³/mol. The van der Waals surface area contributed by atoms with E-state index >= 15 is 0 Å². The molecule has 0 atom stereocenters. The van der Waals surface area contributed by atoms with E-state index in [1.807, 2.05) is 30.5 Å². The van der Waals surface area contributed by atoms with E-state index in [-0.39, 0.29) is 0 Å².